The molecule has 2 rings (SSSR count). The number of methoxy groups -OCH3 is 1. The summed E-state index contributed by atoms with van der Waals surface area (Å²) < 4.78 is 10.9. The van der Waals surface area contributed by atoms with E-state index >= 15 is 0 Å². The lowest BCUT2D eigenvalue weighted by molar-refractivity contribution is 0.321. The number of nitrogens with one attached hydrogen (secondary N) is 2. The zero-order valence-corrected chi connectivity index (χ0v) is 15.8. The monoisotopic (exact) mass is 348 g/mol. The molecule has 6 nitrogen and oxygen atoms in total. The molecule has 25 heavy (non-hydrogen) atoms. The van der Waals surface area contributed by atoms with Gasteiger partial charge in [-0.1, -0.05) is 6.92 Å². The fourth-order valence-electron chi connectivity index (χ4n) is 2.92. The quantitative estimate of drug-likeness (QED) is 0.406. The molecule has 1 aromatic rings. The van der Waals surface area contributed by atoms with Crippen LogP contribution < -0.4 is 20.1 Å². The fourth-order valence-corrected chi connectivity index (χ4v) is 2.92. The summed E-state index contributed by atoms with van der Waals surface area (Å²) in [6.45, 7) is 10.9. The van der Waals surface area contributed by atoms with E-state index in [1.165, 1.54) is 19.5 Å². The van der Waals surface area contributed by atoms with Gasteiger partial charge in [-0.15, -0.1) is 0 Å². The Bertz CT molecular complexity index is 519. The van der Waals surface area contributed by atoms with Crippen LogP contribution in [0.5, 0.6) is 11.5 Å². The SMILES string of the molecule is CCNC(=NCC1CCN(CC)C1)NCCOc1ccc(OC)cc1. The van der Waals surface area contributed by atoms with Gasteiger partial charge in [-0.05, 0) is 56.6 Å². The Morgan fingerprint density at radius 2 is 1.96 bits per heavy atom. The van der Waals surface area contributed by atoms with Crippen molar-refractivity contribution in [2.45, 2.75) is 20.3 Å². The molecule has 1 aliphatic rings. The lowest BCUT2D eigenvalue weighted by atomic mass is 10.1. The van der Waals surface area contributed by atoms with Crippen molar-refractivity contribution < 1.29 is 9.47 Å². The van der Waals surface area contributed by atoms with Gasteiger partial charge in [0.15, 0.2) is 5.96 Å². The Balaban J connectivity index is 1.70. The molecule has 1 heterocycles. The second-order valence-electron chi connectivity index (χ2n) is 6.22. The Kier molecular flexibility index (Phi) is 8.39. The van der Waals surface area contributed by atoms with Crippen LogP contribution in [0, 0.1) is 5.92 Å². The van der Waals surface area contributed by atoms with Crippen LogP contribution in [0.4, 0.5) is 0 Å². The van der Waals surface area contributed by atoms with Crippen molar-refractivity contribution in [2.24, 2.45) is 10.9 Å². The third-order valence-corrected chi connectivity index (χ3v) is 4.39. The molecular formula is C19H32N4O2. The van der Waals surface area contributed by atoms with Crippen LogP contribution in [0.25, 0.3) is 0 Å². The number of guanidine groups is 1. The lowest BCUT2D eigenvalue weighted by Gasteiger charge is -2.14. The first-order valence-electron chi connectivity index (χ1n) is 9.26. The molecule has 1 aromatic carbocycles. The first kappa shape index (κ1) is 19.4. The maximum absolute atomic E-state index is 5.73. The summed E-state index contributed by atoms with van der Waals surface area (Å²) in [5, 5.41) is 6.64. The minimum absolute atomic E-state index is 0.587. The molecule has 2 N–H and O–H groups in total. The zero-order valence-electron chi connectivity index (χ0n) is 15.8. The van der Waals surface area contributed by atoms with E-state index in [2.05, 4.69) is 29.4 Å². The Morgan fingerprint density at radius 3 is 2.60 bits per heavy atom. The van der Waals surface area contributed by atoms with Crippen LogP contribution in [0.3, 0.4) is 0 Å². The summed E-state index contributed by atoms with van der Waals surface area (Å²) in [5.74, 6) is 3.22. The van der Waals surface area contributed by atoms with Crippen LogP contribution in [0.2, 0.25) is 0 Å². The largest absolute Gasteiger partial charge is 0.497 e. The number of likely N-dealkylation sites (tertiary alicyclic amines) is 1. The minimum atomic E-state index is 0.587. The number of nitrogens with zero attached hydrogens (tertiary/aromatic N) is 2. The number of benzene rings is 1. The minimum Gasteiger partial charge on any atom is -0.497 e. The summed E-state index contributed by atoms with van der Waals surface area (Å²) in [4.78, 5) is 7.22. The van der Waals surface area contributed by atoms with E-state index < -0.39 is 0 Å². The third kappa shape index (κ3) is 6.82. The standard InChI is InChI=1S/C19H32N4O2/c1-4-20-19(22-14-16-10-12-23(5-2)15-16)21-11-13-25-18-8-6-17(24-3)7-9-18/h6-9,16H,4-5,10-15H2,1-3H3,(H2,20,21,22). The highest BCUT2D eigenvalue weighted by Crippen LogP contribution is 2.17. The first-order valence-corrected chi connectivity index (χ1v) is 9.26. The van der Waals surface area contributed by atoms with Gasteiger partial charge in [0.1, 0.15) is 18.1 Å². The van der Waals surface area contributed by atoms with E-state index in [-0.39, 0.29) is 0 Å². The zero-order chi connectivity index (χ0) is 17.9. The maximum atomic E-state index is 5.73. The summed E-state index contributed by atoms with van der Waals surface area (Å²) in [6.07, 6.45) is 1.25. The average molecular weight is 348 g/mol. The summed E-state index contributed by atoms with van der Waals surface area (Å²) in [6, 6.07) is 7.63. The van der Waals surface area contributed by atoms with E-state index in [4.69, 9.17) is 14.5 Å². The van der Waals surface area contributed by atoms with Gasteiger partial charge >= 0.3 is 0 Å². The number of hydrogen-bond acceptors (Lipinski definition) is 4. The van der Waals surface area contributed by atoms with E-state index in [0.717, 1.165) is 37.1 Å². The van der Waals surface area contributed by atoms with Crippen LogP contribution in [-0.4, -0.2) is 63.8 Å². The molecule has 1 aliphatic heterocycles. The highest BCUT2D eigenvalue weighted by Gasteiger charge is 2.20. The lowest BCUT2D eigenvalue weighted by Crippen LogP contribution is -2.39. The van der Waals surface area contributed by atoms with Gasteiger partial charge in [0.05, 0.1) is 13.7 Å². The normalized spacial score (nSPS) is 18.2. The second-order valence-corrected chi connectivity index (χ2v) is 6.22. The average Bonchev–Trinajstić information content (AvgIpc) is 3.11. The molecular weight excluding hydrogens is 316 g/mol. The van der Waals surface area contributed by atoms with Crippen molar-refractivity contribution in [3.05, 3.63) is 24.3 Å². The van der Waals surface area contributed by atoms with Crippen molar-refractivity contribution >= 4 is 5.96 Å². The second kappa shape index (κ2) is 10.8. The summed E-state index contributed by atoms with van der Waals surface area (Å²) in [5.41, 5.74) is 0. The van der Waals surface area contributed by atoms with Gasteiger partial charge in [0.2, 0.25) is 0 Å². The van der Waals surface area contributed by atoms with Crippen LogP contribution >= 0.6 is 0 Å². The summed E-state index contributed by atoms with van der Waals surface area (Å²) >= 11 is 0. The molecule has 0 aliphatic carbocycles. The van der Waals surface area contributed by atoms with E-state index in [1.807, 2.05) is 24.3 Å². The fraction of sp³-hybridized carbons (Fsp3) is 0.632. The van der Waals surface area contributed by atoms with Crippen molar-refractivity contribution in [2.75, 3.05) is 53.0 Å². The van der Waals surface area contributed by atoms with E-state index in [0.29, 0.717) is 19.1 Å². The van der Waals surface area contributed by atoms with Crippen molar-refractivity contribution in [1.29, 1.82) is 0 Å². The third-order valence-electron chi connectivity index (χ3n) is 4.39. The topological polar surface area (TPSA) is 58.1 Å². The molecule has 0 radical (unpaired) electrons. The highest BCUT2D eigenvalue weighted by atomic mass is 16.5. The van der Waals surface area contributed by atoms with Gasteiger partial charge in [0, 0.05) is 19.6 Å². The van der Waals surface area contributed by atoms with Crippen molar-refractivity contribution in [3.63, 3.8) is 0 Å². The molecule has 0 aromatic heterocycles. The van der Waals surface area contributed by atoms with Crippen LogP contribution in [0.15, 0.2) is 29.3 Å². The maximum Gasteiger partial charge on any atom is 0.191 e. The number of rotatable bonds is 9. The smallest absolute Gasteiger partial charge is 0.191 e. The van der Waals surface area contributed by atoms with Crippen molar-refractivity contribution in [3.8, 4) is 11.5 Å². The number of hydrogen-bond donors (Lipinski definition) is 2. The molecule has 0 saturated carbocycles. The van der Waals surface area contributed by atoms with Crippen LogP contribution in [0.1, 0.15) is 20.3 Å². The molecule has 0 amide bonds. The van der Waals surface area contributed by atoms with E-state index in [9.17, 15) is 0 Å². The Hall–Kier alpha value is -1.95. The van der Waals surface area contributed by atoms with Gasteiger partial charge < -0.3 is 25.0 Å². The molecule has 6 heteroatoms. The highest BCUT2D eigenvalue weighted by molar-refractivity contribution is 5.79. The van der Waals surface area contributed by atoms with Crippen LogP contribution in [-0.2, 0) is 0 Å². The first-order chi connectivity index (χ1) is 12.2. The molecule has 0 bridgehead atoms. The molecule has 1 atom stereocenters. The number of ether oxygens (including phenoxy) is 2. The Labute approximate surface area is 151 Å². The predicted octanol–water partition coefficient (Wildman–Crippen LogP) is 1.97. The van der Waals surface area contributed by atoms with Gasteiger partial charge in [-0.2, -0.15) is 0 Å². The molecule has 1 fully saturated rings. The number of aliphatic imine (C=N–C) groups is 1. The van der Waals surface area contributed by atoms with Crippen molar-refractivity contribution in [1.82, 2.24) is 15.5 Å². The van der Waals surface area contributed by atoms with E-state index in [1.54, 1.807) is 7.11 Å². The van der Waals surface area contributed by atoms with Gasteiger partial charge in [-0.25, -0.2) is 0 Å². The van der Waals surface area contributed by atoms with Gasteiger partial charge in [0.25, 0.3) is 0 Å². The predicted molar refractivity (Wildman–Crippen MR) is 103 cm³/mol. The van der Waals surface area contributed by atoms with Gasteiger partial charge in [-0.3, -0.25) is 4.99 Å². The molecule has 1 unspecified atom stereocenters. The Morgan fingerprint density at radius 1 is 1.20 bits per heavy atom. The molecule has 1 saturated heterocycles. The summed E-state index contributed by atoms with van der Waals surface area (Å²) in [7, 11) is 1.66. The molecule has 140 valence electrons. The molecule has 0 spiro atoms.